The molecule has 106 valence electrons. The molecule has 1 atom stereocenters. The molecule has 1 N–H and O–H groups in total. The summed E-state index contributed by atoms with van der Waals surface area (Å²) in [4.78, 5) is 24.9. The van der Waals surface area contributed by atoms with Gasteiger partial charge in [0.05, 0.1) is 11.3 Å². The predicted molar refractivity (Wildman–Crippen MR) is 71.1 cm³/mol. The van der Waals surface area contributed by atoms with Crippen LogP contribution in [-0.4, -0.2) is 44.3 Å². The van der Waals surface area contributed by atoms with Gasteiger partial charge in [-0.1, -0.05) is 6.92 Å². The molecule has 6 nitrogen and oxygen atoms in total. The number of carbonyl (C=O) groups excluding carboxylic acids is 1. The monoisotopic (exact) mass is 267 g/mol. The van der Waals surface area contributed by atoms with Gasteiger partial charge in [0.1, 0.15) is 6.54 Å². The van der Waals surface area contributed by atoms with E-state index in [4.69, 9.17) is 5.11 Å². The van der Waals surface area contributed by atoms with E-state index in [9.17, 15) is 9.59 Å². The molecule has 0 saturated carbocycles. The maximum atomic E-state index is 12.5. The third-order valence-corrected chi connectivity index (χ3v) is 3.41. The first-order chi connectivity index (χ1) is 8.79. The van der Waals surface area contributed by atoms with Crippen LogP contribution in [0.5, 0.6) is 0 Å². The molecule has 0 aliphatic rings. The fourth-order valence-corrected chi connectivity index (χ4v) is 2.02. The summed E-state index contributed by atoms with van der Waals surface area (Å²) in [6.45, 7) is 7.05. The van der Waals surface area contributed by atoms with Crippen molar-refractivity contribution in [1.82, 2.24) is 14.7 Å². The zero-order valence-corrected chi connectivity index (χ0v) is 12.1. The van der Waals surface area contributed by atoms with Crippen molar-refractivity contribution in [3.8, 4) is 0 Å². The molecule has 6 heteroatoms. The Morgan fingerprint density at radius 3 is 2.37 bits per heavy atom. The van der Waals surface area contributed by atoms with Crippen LogP contribution in [0.1, 0.15) is 42.0 Å². The van der Waals surface area contributed by atoms with Crippen LogP contribution in [0.4, 0.5) is 0 Å². The molecule has 0 bridgehead atoms. The first kappa shape index (κ1) is 15.2. The number of hydrogen-bond donors (Lipinski definition) is 1. The summed E-state index contributed by atoms with van der Waals surface area (Å²) in [5.74, 6) is -1.27. The highest BCUT2D eigenvalue weighted by Crippen LogP contribution is 2.17. The van der Waals surface area contributed by atoms with Crippen LogP contribution in [0, 0.1) is 13.8 Å². The van der Waals surface area contributed by atoms with Crippen LogP contribution in [0.2, 0.25) is 0 Å². The predicted octanol–water partition coefficient (Wildman–Crippen LogP) is 1.36. The van der Waals surface area contributed by atoms with Crippen LogP contribution in [-0.2, 0) is 11.8 Å². The summed E-state index contributed by atoms with van der Waals surface area (Å²) >= 11 is 0. The Kier molecular flexibility index (Phi) is 4.69. The number of aromatic nitrogens is 2. The topological polar surface area (TPSA) is 75.4 Å². The minimum Gasteiger partial charge on any atom is -0.480 e. The summed E-state index contributed by atoms with van der Waals surface area (Å²) in [6.07, 6.45) is 0.706. The Morgan fingerprint density at radius 2 is 2.00 bits per heavy atom. The smallest absolute Gasteiger partial charge is 0.323 e. The van der Waals surface area contributed by atoms with Crippen LogP contribution < -0.4 is 0 Å². The van der Waals surface area contributed by atoms with Crippen molar-refractivity contribution in [2.24, 2.45) is 7.05 Å². The lowest BCUT2D eigenvalue weighted by Gasteiger charge is -2.27. The van der Waals surface area contributed by atoms with E-state index in [1.807, 2.05) is 20.8 Å². The minimum atomic E-state index is -1.01. The Morgan fingerprint density at radius 1 is 1.42 bits per heavy atom. The zero-order chi connectivity index (χ0) is 14.7. The van der Waals surface area contributed by atoms with Crippen molar-refractivity contribution in [1.29, 1.82) is 0 Å². The highest BCUT2D eigenvalue weighted by Gasteiger charge is 2.27. The number of carboxylic acids is 1. The molecule has 1 amide bonds. The lowest BCUT2D eigenvalue weighted by atomic mass is 10.1. The van der Waals surface area contributed by atoms with Gasteiger partial charge in [0.2, 0.25) is 0 Å². The fourth-order valence-electron chi connectivity index (χ4n) is 2.02. The van der Waals surface area contributed by atoms with Gasteiger partial charge >= 0.3 is 5.97 Å². The highest BCUT2D eigenvalue weighted by molar-refractivity contribution is 5.98. The summed E-state index contributed by atoms with van der Waals surface area (Å²) < 4.78 is 1.64. The molecular weight excluding hydrogens is 246 g/mol. The maximum absolute atomic E-state index is 12.5. The molecule has 0 saturated heterocycles. The van der Waals surface area contributed by atoms with Gasteiger partial charge in [0.25, 0.3) is 5.91 Å². The van der Waals surface area contributed by atoms with Crippen LogP contribution in [0.3, 0.4) is 0 Å². The minimum absolute atomic E-state index is 0.123. The standard InChI is InChI=1S/C13H21N3O3/c1-6-8(2)16(7-11(17)18)13(19)12-9(3)14-15(5)10(12)4/h8H,6-7H2,1-5H3,(H,17,18). The second-order valence-corrected chi connectivity index (χ2v) is 4.75. The Hall–Kier alpha value is -1.85. The number of aryl methyl sites for hydroxylation is 2. The number of carboxylic acid groups (broad SMARTS) is 1. The molecule has 1 heterocycles. The van der Waals surface area contributed by atoms with Gasteiger partial charge in [-0.2, -0.15) is 5.10 Å². The number of amides is 1. The third kappa shape index (κ3) is 3.13. The molecule has 1 unspecified atom stereocenters. The molecule has 0 aliphatic heterocycles. The van der Waals surface area contributed by atoms with E-state index < -0.39 is 5.97 Å². The molecule has 0 aromatic carbocycles. The Bertz CT molecular complexity index is 494. The Labute approximate surface area is 113 Å². The lowest BCUT2D eigenvalue weighted by Crippen LogP contribution is -2.42. The molecule has 0 fully saturated rings. The second kappa shape index (κ2) is 5.86. The van der Waals surface area contributed by atoms with Gasteiger partial charge in [0, 0.05) is 18.8 Å². The molecular formula is C13H21N3O3. The summed E-state index contributed by atoms with van der Waals surface area (Å²) in [7, 11) is 1.77. The summed E-state index contributed by atoms with van der Waals surface area (Å²) in [5, 5.41) is 13.2. The summed E-state index contributed by atoms with van der Waals surface area (Å²) in [5.41, 5.74) is 1.88. The van der Waals surface area contributed by atoms with Gasteiger partial charge in [0.15, 0.2) is 0 Å². The van der Waals surface area contributed by atoms with Gasteiger partial charge in [-0.3, -0.25) is 14.3 Å². The van der Waals surface area contributed by atoms with Crippen LogP contribution in [0.15, 0.2) is 0 Å². The third-order valence-electron chi connectivity index (χ3n) is 3.41. The molecule has 0 spiro atoms. The van der Waals surface area contributed by atoms with Crippen molar-refractivity contribution >= 4 is 11.9 Å². The second-order valence-electron chi connectivity index (χ2n) is 4.75. The lowest BCUT2D eigenvalue weighted by molar-refractivity contribution is -0.138. The summed E-state index contributed by atoms with van der Waals surface area (Å²) in [6, 6.07) is -0.123. The van der Waals surface area contributed by atoms with Crippen LogP contribution >= 0.6 is 0 Å². The van der Waals surface area contributed by atoms with Crippen molar-refractivity contribution in [3.05, 3.63) is 17.0 Å². The molecule has 0 radical (unpaired) electrons. The number of hydrogen-bond acceptors (Lipinski definition) is 3. The van der Waals surface area contributed by atoms with E-state index in [0.29, 0.717) is 17.7 Å². The highest BCUT2D eigenvalue weighted by atomic mass is 16.4. The maximum Gasteiger partial charge on any atom is 0.323 e. The molecule has 1 aromatic heterocycles. The van der Waals surface area contributed by atoms with Crippen LogP contribution in [0.25, 0.3) is 0 Å². The zero-order valence-electron chi connectivity index (χ0n) is 12.1. The molecule has 1 rings (SSSR count). The average Bonchev–Trinajstić information content (AvgIpc) is 2.58. The number of rotatable bonds is 5. The van der Waals surface area contributed by atoms with Gasteiger partial charge in [-0.25, -0.2) is 0 Å². The van der Waals surface area contributed by atoms with Crippen molar-refractivity contribution in [2.75, 3.05) is 6.54 Å². The Balaban J connectivity index is 3.15. The molecule has 19 heavy (non-hydrogen) atoms. The largest absolute Gasteiger partial charge is 0.480 e. The first-order valence-corrected chi connectivity index (χ1v) is 6.32. The van der Waals surface area contributed by atoms with Gasteiger partial charge in [-0.15, -0.1) is 0 Å². The van der Waals surface area contributed by atoms with Crippen molar-refractivity contribution < 1.29 is 14.7 Å². The number of carbonyl (C=O) groups is 2. The van der Waals surface area contributed by atoms with Crippen molar-refractivity contribution in [2.45, 2.75) is 40.2 Å². The quantitative estimate of drug-likeness (QED) is 0.874. The number of aliphatic carboxylic acids is 1. The van der Waals surface area contributed by atoms with E-state index in [1.165, 1.54) is 4.90 Å². The van der Waals surface area contributed by atoms with Gasteiger partial charge in [-0.05, 0) is 27.2 Å². The molecule has 0 aliphatic carbocycles. The van der Waals surface area contributed by atoms with E-state index in [1.54, 1.807) is 18.7 Å². The normalized spacial score (nSPS) is 12.3. The number of nitrogens with zero attached hydrogens (tertiary/aromatic N) is 3. The fraction of sp³-hybridized carbons (Fsp3) is 0.615. The average molecular weight is 267 g/mol. The van der Waals surface area contributed by atoms with E-state index in [-0.39, 0.29) is 18.5 Å². The van der Waals surface area contributed by atoms with E-state index in [2.05, 4.69) is 5.10 Å². The van der Waals surface area contributed by atoms with Gasteiger partial charge < -0.3 is 10.0 Å². The van der Waals surface area contributed by atoms with Crippen molar-refractivity contribution in [3.63, 3.8) is 0 Å². The SMILES string of the molecule is CCC(C)N(CC(=O)O)C(=O)c1c(C)nn(C)c1C. The van der Waals surface area contributed by atoms with E-state index in [0.717, 1.165) is 5.69 Å². The first-order valence-electron chi connectivity index (χ1n) is 6.32. The molecule has 1 aromatic rings. The van der Waals surface area contributed by atoms with E-state index >= 15 is 0 Å².